The minimum Gasteiger partial charge on any atom is -0.481 e. The lowest BCUT2D eigenvalue weighted by molar-refractivity contribution is -0.142. The summed E-state index contributed by atoms with van der Waals surface area (Å²) in [4.78, 5) is 25.4. The lowest BCUT2D eigenvalue weighted by atomic mass is 9.84. The number of hydrogen-bond donors (Lipinski definition) is 3. The van der Waals surface area contributed by atoms with E-state index in [2.05, 4.69) is 10.3 Å². The molecule has 3 N–H and O–H groups in total. The van der Waals surface area contributed by atoms with E-state index in [9.17, 15) is 14.7 Å². The lowest BCUT2D eigenvalue weighted by Crippen LogP contribution is -2.28. The zero-order valence-electron chi connectivity index (χ0n) is 11.3. The molecule has 0 saturated heterocycles. The third-order valence-electron chi connectivity index (χ3n) is 3.17. The Labute approximate surface area is 116 Å². The van der Waals surface area contributed by atoms with Gasteiger partial charge in [-0.15, -0.1) is 0 Å². The SMILES string of the molecule is CC(C)(C(=O)O)c1cccc(Nc2cc(=O)cc[nH]2)c1. The molecular formula is C15H16N2O3. The first-order valence-corrected chi connectivity index (χ1v) is 6.19. The van der Waals surface area contributed by atoms with Crippen LogP contribution in [0.1, 0.15) is 19.4 Å². The summed E-state index contributed by atoms with van der Waals surface area (Å²) >= 11 is 0. The molecule has 0 radical (unpaired) electrons. The fourth-order valence-corrected chi connectivity index (χ4v) is 1.78. The topological polar surface area (TPSA) is 82.2 Å². The van der Waals surface area contributed by atoms with Gasteiger partial charge in [0.2, 0.25) is 0 Å². The molecule has 0 aliphatic heterocycles. The van der Waals surface area contributed by atoms with E-state index in [1.807, 2.05) is 6.07 Å². The Bertz CT molecular complexity index is 689. The Morgan fingerprint density at radius 1 is 1.25 bits per heavy atom. The number of anilines is 2. The van der Waals surface area contributed by atoms with Crippen LogP contribution in [0.15, 0.2) is 47.4 Å². The van der Waals surface area contributed by atoms with Crippen molar-refractivity contribution in [2.45, 2.75) is 19.3 Å². The first-order chi connectivity index (χ1) is 9.39. The van der Waals surface area contributed by atoms with Crippen molar-refractivity contribution in [2.75, 3.05) is 5.32 Å². The number of aliphatic carboxylic acids is 1. The molecule has 0 amide bonds. The average Bonchev–Trinajstić information content (AvgIpc) is 2.39. The number of aromatic amines is 1. The Morgan fingerprint density at radius 3 is 2.65 bits per heavy atom. The number of hydrogen-bond acceptors (Lipinski definition) is 3. The monoisotopic (exact) mass is 272 g/mol. The van der Waals surface area contributed by atoms with Crippen LogP contribution in [0.4, 0.5) is 11.5 Å². The van der Waals surface area contributed by atoms with Crippen molar-refractivity contribution < 1.29 is 9.90 Å². The number of H-pyrrole nitrogens is 1. The van der Waals surface area contributed by atoms with Gasteiger partial charge >= 0.3 is 5.97 Å². The molecule has 104 valence electrons. The molecule has 20 heavy (non-hydrogen) atoms. The molecule has 1 aromatic heterocycles. The van der Waals surface area contributed by atoms with Gasteiger partial charge in [-0.1, -0.05) is 12.1 Å². The molecule has 0 saturated carbocycles. The molecule has 5 nitrogen and oxygen atoms in total. The maximum atomic E-state index is 11.3. The number of pyridine rings is 1. The highest BCUT2D eigenvalue weighted by Gasteiger charge is 2.29. The molecule has 0 unspecified atom stereocenters. The third kappa shape index (κ3) is 2.88. The van der Waals surface area contributed by atoms with Crippen LogP contribution in [0, 0.1) is 0 Å². The maximum absolute atomic E-state index is 11.3. The molecule has 0 atom stereocenters. The van der Waals surface area contributed by atoms with Crippen LogP contribution in [0.3, 0.4) is 0 Å². The van der Waals surface area contributed by atoms with Gasteiger partial charge in [0.05, 0.1) is 5.41 Å². The van der Waals surface area contributed by atoms with Gasteiger partial charge in [-0.3, -0.25) is 9.59 Å². The second-order valence-corrected chi connectivity index (χ2v) is 5.07. The Balaban J connectivity index is 2.31. The first kappa shape index (κ1) is 13.9. The van der Waals surface area contributed by atoms with E-state index in [0.29, 0.717) is 11.4 Å². The van der Waals surface area contributed by atoms with E-state index < -0.39 is 11.4 Å². The first-order valence-electron chi connectivity index (χ1n) is 6.19. The van der Waals surface area contributed by atoms with Crippen LogP contribution in [0.2, 0.25) is 0 Å². The quantitative estimate of drug-likeness (QED) is 0.798. The summed E-state index contributed by atoms with van der Waals surface area (Å²) < 4.78 is 0. The Hall–Kier alpha value is -2.56. The molecule has 0 aliphatic rings. The van der Waals surface area contributed by atoms with Gasteiger partial charge in [0.15, 0.2) is 5.43 Å². The van der Waals surface area contributed by atoms with Crippen molar-refractivity contribution in [3.8, 4) is 0 Å². The van der Waals surface area contributed by atoms with Gasteiger partial charge in [0.25, 0.3) is 0 Å². The molecule has 0 fully saturated rings. The number of carbonyl (C=O) groups is 1. The normalized spacial score (nSPS) is 11.1. The van der Waals surface area contributed by atoms with Gasteiger partial charge in [-0.05, 0) is 31.5 Å². The summed E-state index contributed by atoms with van der Waals surface area (Å²) in [7, 11) is 0. The number of aromatic nitrogens is 1. The van der Waals surface area contributed by atoms with Gasteiger partial charge in [-0.2, -0.15) is 0 Å². The van der Waals surface area contributed by atoms with E-state index in [1.165, 1.54) is 12.1 Å². The molecule has 2 aromatic rings. The maximum Gasteiger partial charge on any atom is 0.313 e. The minimum absolute atomic E-state index is 0.103. The summed E-state index contributed by atoms with van der Waals surface area (Å²) in [6.07, 6.45) is 1.55. The van der Waals surface area contributed by atoms with E-state index in [1.54, 1.807) is 38.2 Å². The minimum atomic E-state index is -0.970. The van der Waals surface area contributed by atoms with Crippen LogP contribution in [-0.2, 0) is 10.2 Å². The third-order valence-corrected chi connectivity index (χ3v) is 3.17. The molecule has 1 heterocycles. The Kier molecular flexibility index (Phi) is 3.61. The predicted molar refractivity (Wildman–Crippen MR) is 77.4 cm³/mol. The molecule has 5 heteroatoms. The highest BCUT2D eigenvalue weighted by Crippen LogP contribution is 2.26. The van der Waals surface area contributed by atoms with Crippen molar-refractivity contribution in [3.63, 3.8) is 0 Å². The van der Waals surface area contributed by atoms with Gasteiger partial charge in [0, 0.05) is 24.0 Å². The number of carboxylic acids is 1. The fourth-order valence-electron chi connectivity index (χ4n) is 1.78. The number of rotatable bonds is 4. The van der Waals surface area contributed by atoms with E-state index in [4.69, 9.17) is 0 Å². The number of carboxylic acid groups (broad SMARTS) is 1. The zero-order chi connectivity index (χ0) is 14.8. The summed E-state index contributed by atoms with van der Waals surface area (Å²) in [6.45, 7) is 3.30. The molecule has 1 aromatic carbocycles. The summed E-state index contributed by atoms with van der Waals surface area (Å²) in [5.41, 5.74) is 0.335. The molecule has 0 bridgehead atoms. The summed E-state index contributed by atoms with van der Waals surface area (Å²) in [5, 5.41) is 12.3. The van der Waals surface area contributed by atoms with Crippen molar-refractivity contribution in [2.24, 2.45) is 0 Å². The van der Waals surface area contributed by atoms with Crippen molar-refractivity contribution in [1.29, 1.82) is 0 Å². The van der Waals surface area contributed by atoms with Crippen LogP contribution >= 0.6 is 0 Å². The van der Waals surface area contributed by atoms with Gasteiger partial charge in [0.1, 0.15) is 5.82 Å². The average molecular weight is 272 g/mol. The van der Waals surface area contributed by atoms with Crippen molar-refractivity contribution >= 4 is 17.5 Å². The fraction of sp³-hybridized carbons (Fsp3) is 0.200. The zero-order valence-corrected chi connectivity index (χ0v) is 11.3. The highest BCUT2D eigenvalue weighted by molar-refractivity contribution is 5.80. The van der Waals surface area contributed by atoms with Crippen molar-refractivity contribution in [3.05, 3.63) is 58.4 Å². The lowest BCUT2D eigenvalue weighted by Gasteiger charge is -2.20. The van der Waals surface area contributed by atoms with E-state index in [0.717, 1.165) is 5.69 Å². The molecule has 0 spiro atoms. The molecular weight excluding hydrogens is 256 g/mol. The van der Waals surface area contributed by atoms with Crippen LogP contribution < -0.4 is 10.7 Å². The van der Waals surface area contributed by atoms with Crippen LogP contribution in [-0.4, -0.2) is 16.1 Å². The smallest absolute Gasteiger partial charge is 0.313 e. The van der Waals surface area contributed by atoms with Crippen LogP contribution in [0.5, 0.6) is 0 Å². The van der Waals surface area contributed by atoms with E-state index >= 15 is 0 Å². The predicted octanol–water partition coefficient (Wildman–Crippen LogP) is 2.48. The molecule has 2 rings (SSSR count). The summed E-state index contributed by atoms with van der Waals surface area (Å²) in [5.74, 6) is -0.328. The Morgan fingerprint density at radius 2 is 2.00 bits per heavy atom. The molecule has 0 aliphatic carbocycles. The van der Waals surface area contributed by atoms with Gasteiger partial charge in [-0.25, -0.2) is 0 Å². The van der Waals surface area contributed by atoms with Crippen LogP contribution in [0.25, 0.3) is 0 Å². The second kappa shape index (κ2) is 5.21. The number of nitrogens with one attached hydrogen (secondary N) is 2. The van der Waals surface area contributed by atoms with E-state index in [-0.39, 0.29) is 5.43 Å². The highest BCUT2D eigenvalue weighted by atomic mass is 16.4. The summed E-state index contributed by atoms with van der Waals surface area (Å²) in [6, 6.07) is 9.99. The number of benzene rings is 1. The van der Waals surface area contributed by atoms with Crippen molar-refractivity contribution in [1.82, 2.24) is 4.98 Å². The standard InChI is InChI=1S/C15H16N2O3/c1-15(2,14(19)20)10-4-3-5-11(8-10)17-13-9-12(18)6-7-16-13/h3-9H,1-2H3,(H,19,20)(H2,16,17,18). The largest absolute Gasteiger partial charge is 0.481 e. The van der Waals surface area contributed by atoms with Gasteiger partial charge < -0.3 is 15.4 Å². The second-order valence-electron chi connectivity index (χ2n) is 5.07.